The van der Waals surface area contributed by atoms with Crippen LogP contribution in [0.3, 0.4) is 0 Å². The number of amides is 4. The number of nitrogens with zero attached hydrogens (tertiary/aromatic N) is 2. The first kappa shape index (κ1) is 33.1. The predicted molar refractivity (Wildman–Crippen MR) is 161 cm³/mol. The summed E-state index contributed by atoms with van der Waals surface area (Å²) in [5.74, 6) is -1.45. The lowest BCUT2D eigenvalue weighted by atomic mass is 10.0. The first-order valence-electron chi connectivity index (χ1n) is 13.8. The SMILES string of the molecule is CC(C)(C)NC(=O)[C@@H]1CSCN1C([C@H](O)CCc1ccccc1)N(C(=O)OCc1ccccc1)C(=O)[C@@H](N)CC(N)=O. The number of carbonyl (C=O) groups is 4. The molecule has 42 heavy (non-hydrogen) atoms. The van der Waals surface area contributed by atoms with E-state index in [-0.39, 0.29) is 24.8 Å². The Labute approximate surface area is 250 Å². The van der Waals surface area contributed by atoms with Gasteiger partial charge in [0.25, 0.3) is 5.91 Å². The molecule has 0 radical (unpaired) electrons. The minimum absolute atomic E-state index is 0.149. The predicted octanol–water partition coefficient (Wildman–Crippen LogP) is 1.96. The highest BCUT2D eigenvalue weighted by atomic mass is 32.2. The van der Waals surface area contributed by atoms with Crippen molar-refractivity contribution < 1.29 is 29.0 Å². The minimum Gasteiger partial charge on any atom is -0.444 e. The van der Waals surface area contributed by atoms with Crippen molar-refractivity contribution in [3.05, 3.63) is 71.8 Å². The number of primary amides is 1. The van der Waals surface area contributed by atoms with Crippen molar-refractivity contribution in [3.8, 4) is 0 Å². The van der Waals surface area contributed by atoms with Crippen LogP contribution in [-0.4, -0.2) is 80.2 Å². The Morgan fingerprint density at radius 1 is 1.07 bits per heavy atom. The Morgan fingerprint density at radius 2 is 1.67 bits per heavy atom. The summed E-state index contributed by atoms with van der Waals surface area (Å²) in [6.07, 6.45) is -3.58. The van der Waals surface area contributed by atoms with Crippen LogP contribution >= 0.6 is 11.8 Å². The molecule has 0 spiro atoms. The Kier molecular flexibility index (Phi) is 11.9. The smallest absolute Gasteiger partial charge is 0.418 e. The number of aliphatic hydroxyl groups excluding tert-OH is 1. The first-order valence-corrected chi connectivity index (χ1v) is 15.0. The van der Waals surface area contributed by atoms with Gasteiger partial charge in [0.05, 0.1) is 18.6 Å². The van der Waals surface area contributed by atoms with Crippen LogP contribution in [0, 0.1) is 0 Å². The van der Waals surface area contributed by atoms with Crippen molar-refractivity contribution in [1.82, 2.24) is 15.1 Å². The van der Waals surface area contributed by atoms with Crippen LogP contribution in [0.15, 0.2) is 60.7 Å². The van der Waals surface area contributed by atoms with E-state index >= 15 is 0 Å². The molecule has 12 heteroatoms. The van der Waals surface area contributed by atoms with E-state index in [0.717, 1.165) is 10.5 Å². The third kappa shape index (κ3) is 9.55. The van der Waals surface area contributed by atoms with Crippen LogP contribution in [0.25, 0.3) is 0 Å². The second kappa shape index (κ2) is 15.1. The Morgan fingerprint density at radius 3 is 2.24 bits per heavy atom. The van der Waals surface area contributed by atoms with Gasteiger partial charge >= 0.3 is 6.09 Å². The molecule has 0 aliphatic carbocycles. The molecule has 0 aromatic heterocycles. The van der Waals surface area contributed by atoms with Crippen molar-refractivity contribution in [2.75, 3.05) is 11.6 Å². The molecule has 1 unspecified atom stereocenters. The summed E-state index contributed by atoms with van der Waals surface area (Å²) in [5, 5.41) is 14.6. The number of thioether (sulfide) groups is 1. The number of nitrogens with two attached hydrogens (primary N) is 2. The van der Waals surface area contributed by atoms with Crippen LogP contribution < -0.4 is 16.8 Å². The second-order valence-corrected chi connectivity index (χ2v) is 12.3. The van der Waals surface area contributed by atoms with Crippen molar-refractivity contribution >= 4 is 35.6 Å². The van der Waals surface area contributed by atoms with E-state index in [4.69, 9.17) is 16.2 Å². The Hall–Kier alpha value is -3.45. The molecule has 1 aliphatic rings. The molecular formula is C30H41N5O6S. The minimum atomic E-state index is -1.47. The largest absolute Gasteiger partial charge is 0.444 e. The van der Waals surface area contributed by atoms with Crippen LogP contribution in [-0.2, 0) is 32.1 Å². The lowest BCUT2D eigenvalue weighted by molar-refractivity contribution is -0.147. The molecular weight excluding hydrogens is 558 g/mol. The van der Waals surface area contributed by atoms with Crippen LogP contribution in [0.5, 0.6) is 0 Å². The maximum Gasteiger partial charge on any atom is 0.418 e. The number of imide groups is 1. The van der Waals surface area contributed by atoms with Gasteiger partial charge in [0.15, 0.2) is 0 Å². The summed E-state index contributed by atoms with van der Waals surface area (Å²) < 4.78 is 5.55. The van der Waals surface area contributed by atoms with Gasteiger partial charge in [-0.25, -0.2) is 9.69 Å². The topological polar surface area (TPSA) is 168 Å². The van der Waals surface area contributed by atoms with E-state index in [1.165, 1.54) is 11.8 Å². The van der Waals surface area contributed by atoms with E-state index < -0.39 is 54.2 Å². The number of rotatable bonds is 12. The number of carbonyl (C=O) groups excluding carboxylic acids is 4. The Bertz CT molecular complexity index is 1210. The molecule has 1 aliphatic heterocycles. The molecule has 2 aromatic carbocycles. The molecule has 4 amide bonds. The maximum absolute atomic E-state index is 13.8. The van der Waals surface area contributed by atoms with Gasteiger partial charge in [-0.15, -0.1) is 11.8 Å². The number of aryl methyl sites for hydroxylation is 1. The van der Waals surface area contributed by atoms with Crippen LogP contribution in [0.4, 0.5) is 4.79 Å². The summed E-state index contributed by atoms with van der Waals surface area (Å²) in [6, 6.07) is 16.1. The molecule has 2 aromatic rings. The van der Waals surface area contributed by atoms with Gasteiger partial charge in [-0.2, -0.15) is 0 Å². The monoisotopic (exact) mass is 599 g/mol. The number of hydrogen-bond donors (Lipinski definition) is 4. The maximum atomic E-state index is 13.8. The summed E-state index contributed by atoms with van der Waals surface area (Å²) in [7, 11) is 0. The molecule has 0 saturated carbocycles. The van der Waals surface area contributed by atoms with Crippen molar-refractivity contribution in [3.63, 3.8) is 0 Å². The number of aliphatic hydroxyl groups is 1. The lowest BCUT2D eigenvalue weighted by Gasteiger charge is -2.41. The number of hydrogen-bond acceptors (Lipinski definition) is 9. The standard InChI is InChI=1S/C30H41N5O6S/c1-30(2,3)33-26(38)23-18-42-19-34(23)27(24(36)15-14-20-10-6-4-7-11-20)35(28(39)22(31)16-25(32)37)29(40)41-17-21-12-8-5-9-13-21/h4-13,22-24,27,36H,14-19,31H2,1-3H3,(H2,32,37)(H,33,38)/t22-,23-,24+,27?/m0/s1. The van der Waals surface area contributed by atoms with E-state index in [1.807, 2.05) is 57.2 Å². The van der Waals surface area contributed by atoms with Crippen LogP contribution in [0.1, 0.15) is 44.7 Å². The lowest BCUT2D eigenvalue weighted by Crippen LogP contribution is -2.65. The zero-order chi connectivity index (χ0) is 30.9. The zero-order valence-corrected chi connectivity index (χ0v) is 25.1. The highest BCUT2D eigenvalue weighted by molar-refractivity contribution is 7.99. The third-order valence-electron chi connectivity index (χ3n) is 6.61. The van der Waals surface area contributed by atoms with E-state index in [9.17, 15) is 24.3 Å². The fourth-order valence-electron chi connectivity index (χ4n) is 4.64. The van der Waals surface area contributed by atoms with Gasteiger partial charge in [0, 0.05) is 17.2 Å². The summed E-state index contributed by atoms with van der Waals surface area (Å²) >= 11 is 1.43. The fraction of sp³-hybridized carbons (Fsp3) is 0.467. The second-order valence-electron chi connectivity index (χ2n) is 11.3. The van der Waals surface area contributed by atoms with Gasteiger partial charge < -0.3 is 26.6 Å². The quantitative estimate of drug-likeness (QED) is 0.285. The summed E-state index contributed by atoms with van der Waals surface area (Å²) in [4.78, 5) is 54.9. The van der Waals surface area contributed by atoms with Crippen LogP contribution in [0.2, 0.25) is 0 Å². The molecule has 1 fully saturated rings. The molecule has 11 nitrogen and oxygen atoms in total. The highest BCUT2D eigenvalue weighted by Gasteiger charge is 2.47. The van der Waals surface area contributed by atoms with Crippen molar-refractivity contribution in [2.45, 2.75) is 76.5 Å². The van der Waals surface area contributed by atoms with Crippen molar-refractivity contribution in [2.24, 2.45) is 11.5 Å². The number of benzene rings is 2. The first-order chi connectivity index (χ1) is 19.9. The van der Waals surface area contributed by atoms with E-state index in [2.05, 4.69) is 5.32 Å². The number of ether oxygens (including phenoxy) is 1. The van der Waals surface area contributed by atoms with Crippen molar-refractivity contribution in [1.29, 1.82) is 0 Å². The molecule has 4 atom stereocenters. The molecule has 1 saturated heterocycles. The van der Waals surface area contributed by atoms with Gasteiger partial charge in [0.1, 0.15) is 18.8 Å². The average molecular weight is 600 g/mol. The zero-order valence-electron chi connectivity index (χ0n) is 24.3. The molecule has 3 rings (SSSR count). The summed E-state index contributed by atoms with van der Waals surface area (Å²) in [6.45, 7) is 5.40. The molecule has 1 heterocycles. The fourth-order valence-corrected chi connectivity index (χ4v) is 5.86. The van der Waals surface area contributed by atoms with E-state index in [0.29, 0.717) is 17.7 Å². The van der Waals surface area contributed by atoms with Gasteiger partial charge in [-0.3, -0.25) is 19.3 Å². The van der Waals surface area contributed by atoms with Gasteiger partial charge in [-0.05, 0) is 44.7 Å². The average Bonchev–Trinajstić information content (AvgIpc) is 3.42. The molecule has 6 N–H and O–H groups in total. The number of nitrogens with one attached hydrogen (secondary N) is 1. The summed E-state index contributed by atoms with van der Waals surface area (Å²) in [5.41, 5.74) is 12.5. The van der Waals surface area contributed by atoms with Gasteiger partial charge in [-0.1, -0.05) is 60.7 Å². The third-order valence-corrected chi connectivity index (χ3v) is 7.65. The highest BCUT2D eigenvalue weighted by Crippen LogP contribution is 2.29. The normalized spacial score (nSPS) is 17.6. The van der Waals surface area contributed by atoms with Gasteiger partial charge in [0.2, 0.25) is 11.8 Å². The Balaban J connectivity index is 2.00. The van der Waals surface area contributed by atoms with E-state index in [1.54, 1.807) is 29.2 Å². The molecule has 0 bridgehead atoms. The molecule has 228 valence electrons.